The molecule has 1 aromatic carbocycles. The highest BCUT2D eigenvalue weighted by Gasteiger charge is 2.49. The van der Waals surface area contributed by atoms with Gasteiger partial charge in [0, 0.05) is 37.2 Å². The maximum atomic E-state index is 15.1. The Balaban J connectivity index is 1.29. The molecule has 8 heteroatoms. The van der Waals surface area contributed by atoms with E-state index in [0.29, 0.717) is 30.6 Å². The van der Waals surface area contributed by atoms with Gasteiger partial charge >= 0.3 is 0 Å². The Morgan fingerprint density at radius 2 is 1.97 bits per heavy atom. The van der Waals surface area contributed by atoms with Gasteiger partial charge in [0.15, 0.2) is 5.76 Å². The molecular weight excluding hydrogens is 476 g/mol. The molecule has 3 aliphatic rings. The van der Waals surface area contributed by atoms with Gasteiger partial charge in [0.05, 0.1) is 24.3 Å². The van der Waals surface area contributed by atoms with Crippen LogP contribution in [0.3, 0.4) is 0 Å². The normalized spacial score (nSPS) is 24.9. The summed E-state index contributed by atoms with van der Waals surface area (Å²) in [6.45, 7) is 8.04. The number of ether oxygens (including phenoxy) is 1. The molecule has 2 heterocycles. The van der Waals surface area contributed by atoms with Crippen LogP contribution < -0.4 is 5.32 Å². The zero-order valence-electron chi connectivity index (χ0n) is 22.1. The van der Waals surface area contributed by atoms with E-state index in [2.05, 4.69) is 29.2 Å². The van der Waals surface area contributed by atoms with Gasteiger partial charge in [-0.05, 0) is 76.3 Å². The number of nitrogens with zero attached hydrogens (tertiary/aromatic N) is 2. The van der Waals surface area contributed by atoms with Crippen molar-refractivity contribution in [1.82, 2.24) is 15.4 Å². The number of carbonyl (C=O) groups excluding carboxylic acids is 1. The van der Waals surface area contributed by atoms with Gasteiger partial charge in [-0.15, -0.1) is 0 Å². The van der Waals surface area contributed by atoms with Crippen LogP contribution >= 0.6 is 0 Å². The molecule has 2 saturated carbocycles. The molecule has 5 rings (SSSR count). The summed E-state index contributed by atoms with van der Waals surface area (Å²) in [5.41, 5.74) is 3.67. The summed E-state index contributed by atoms with van der Waals surface area (Å²) in [5.74, 6) is -2.34. The van der Waals surface area contributed by atoms with Gasteiger partial charge in [-0.1, -0.05) is 23.4 Å². The van der Waals surface area contributed by atoms with Crippen LogP contribution in [0.15, 0.2) is 28.8 Å². The van der Waals surface area contributed by atoms with Crippen LogP contribution in [0.5, 0.6) is 0 Å². The maximum Gasteiger partial charge on any atom is 0.270 e. The van der Waals surface area contributed by atoms with E-state index in [-0.39, 0.29) is 24.9 Å². The molecular formula is C29H39F2N3O3. The third-order valence-electron chi connectivity index (χ3n) is 8.14. The summed E-state index contributed by atoms with van der Waals surface area (Å²) in [6.07, 6.45) is 3.81. The van der Waals surface area contributed by atoms with Gasteiger partial charge < -0.3 is 19.5 Å². The highest BCUT2D eigenvalue weighted by molar-refractivity contribution is 5.81. The first-order chi connectivity index (χ1) is 17.7. The molecule has 37 heavy (non-hydrogen) atoms. The van der Waals surface area contributed by atoms with Crippen LogP contribution in [0.4, 0.5) is 8.78 Å². The lowest BCUT2D eigenvalue weighted by Crippen LogP contribution is -2.58. The first kappa shape index (κ1) is 26.3. The van der Waals surface area contributed by atoms with Gasteiger partial charge in [-0.3, -0.25) is 4.79 Å². The molecule has 202 valence electrons. The first-order valence-corrected chi connectivity index (χ1v) is 13.8. The van der Waals surface area contributed by atoms with Crippen LogP contribution in [0.1, 0.15) is 81.5 Å². The third kappa shape index (κ3) is 6.06. The van der Waals surface area contributed by atoms with Crippen molar-refractivity contribution in [3.63, 3.8) is 0 Å². The standard InChI is InChI=1S/C29H39F2N3O3/c1-18(2)34-14-11-22(12-15-34)36-24-8-5-13-29(30,31)28(24)32-26(35)17-21-6-4-7-23(27(21)20-9-10-20)25-16-19(3)33-37-25/h4,6-7,16,18,20,22,24,28H,5,8-15,17H2,1-3H3,(H,32,35)/t24?,28-/m1/s1. The van der Waals surface area contributed by atoms with Crippen molar-refractivity contribution in [3.8, 4) is 11.3 Å². The van der Waals surface area contributed by atoms with Gasteiger partial charge in [0.25, 0.3) is 5.92 Å². The average molecular weight is 516 g/mol. The topological polar surface area (TPSA) is 67.6 Å². The number of hydrogen-bond acceptors (Lipinski definition) is 5. The lowest BCUT2D eigenvalue weighted by atomic mass is 9.87. The first-order valence-electron chi connectivity index (χ1n) is 13.8. The Kier molecular flexibility index (Phi) is 7.68. The molecule has 2 aliphatic carbocycles. The fourth-order valence-electron chi connectivity index (χ4n) is 5.98. The molecule has 0 bridgehead atoms. The van der Waals surface area contributed by atoms with Crippen molar-refractivity contribution >= 4 is 5.91 Å². The van der Waals surface area contributed by atoms with Crippen LogP contribution in [0, 0.1) is 6.92 Å². The third-order valence-corrected chi connectivity index (χ3v) is 8.14. The molecule has 2 atom stereocenters. The number of benzene rings is 1. The molecule has 1 unspecified atom stereocenters. The molecule has 1 N–H and O–H groups in total. The Hall–Kier alpha value is -2.32. The number of rotatable bonds is 8. The number of carbonyl (C=O) groups is 1. The summed E-state index contributed by atoms with van der Waals surface area (Å²) < 4.78 is 42.0. The summed E-state index contributed by atoms with van der Waals surface area (Å²) in [6, 6.07) is 6.86. The number of aromatic nitrogens is 1. The highest BCUT2D eigenvalue weighted by atomic mass is 19.3. The average Bonchev–Trinajstić information content (AvgIpc) is 3.60. The predicted molar refractivity (Wildman–Crippen MR) is 138 cm³/mol. The Morgan fingerprint density at radius 1 is 1.22 bits per heavy atom. The quantitative estimate of drug-likeness (QED) is 0.493. The van der Waals surface area contributed by atoms with Crippen molar-refractivity contribution in [2.75, 3.05) is 13.1 Å². The monoisotopic (exact) mass is 515 g/mol. The van der Waals surface area contributed by atoms with Crippen molar-refractivity contribution in [3.05, 3.63) is 41.1 Å². The smallest absolute Gasteiger partial charge is 0.270 e. The molecule has 2 aromatic rings. The Morgan fingerprint density at radius 3 is 2.62 bits per heavy atom. The van der Waals surface area contributed by atoms with Crippen molar-refractivity contribution in [1.29, 1.82) is 0 Å². The van der Waals surface area contributed by atoms with Crippen molar-refractivity contribution in [2.24, 2.45) is 0 Å². The molecule has 3 fully saturated rings. The SMILES string of the molecule is Cc1cc(-c2cccc(CC(=O)N[C@@H]3C(OC4CCN(C(C)C)CC4)CCCC3(F)F)c2C2CC2)on1. The molecule has 0 radical (unpaired) electrons. The van der Waals surface area contributed by atoms with E-state index in [4.69, 9.17) is 9.26 Å². The second-order valence-electron chi connectivity index (χ2n) is 11.4. The lowest BCUT2D eigenvalue weighted by Gasteiger charge is -2.42. The minimum atomic E-state index is -2.99. The van der Waals surface area contributed by atoms with E-state index >= 15 is 8.78 Å². The number of halogens is 2. The lowest BCUT2D eigenvalue weighted by molar-refractivity contribution is -0.157. The number of likely N-dealkylation sites (tertiary alicyclic amines) is 1. The van der Waals surface area contributed by atoms with E-state index in [9.17, 15) is 4.79 Å². The van der Waals surface area contributed by atoms with Gasteiger partial charge in [-0.25, -0.2) is 8.78 Å². The van der Waals surface area contributed by atoms with Gasteiger partial charge in [0.1, 0.15) is 6.04 Å². The van der Waals surface area contributed by atoms with Gasteiger partial charge in [0.2, 0.25) is 5.91 Å². The minimum absolute atomic E-state index is 0.0446. The summed E-state index contributed by atoms with van der Waals surface area (Å²) >= 11 is 0. The number of alkyl halides is 2. The fourth-order valence-corrected chi connectivity index (χ4v) is 5.98. The molecule has 1 saturated heterocycles. The van der Waals surface area contributed by atoms with Crippen molar-refractivity contribution < 1.29 is 22.8 Å². The van der Waals surface area contributed by atoms with Crippen LogP contribution in [0.2, 0.25) is 0 Å². The van der Waals surface area contributed by atoms with Crippen LogP contribution in [-0.2, 0) is 16.0 Å². The molecule has 1 aliphatic heterocycles. The number of piperidine rings is 1. The van der Waals surface area contributed by atoms with E-state index in [1.807, 2.05) is 31.2 Å². The number of amides is 1. The number of nitrogens with one attached hydrogen (secondary N) is 1. The molecule has 1 amide bonds. The Bertz CT molecular complexity index is 1090. The summed E-state index contributed by atoms with van der Waals surface area (Å²) in [5, 5.41) is 6.73. The highest BCUT2D eigenvalue weighted by Crippen LogP contribution is 2.46. The second kappa shape index (κ2) is 10.8. The van der Waals surface area contributed by atoms with E-state index in [1.54, 1.807) is 0 Å². The maximum absolute atomic E-state index is 15.1. The van der Waals surface area contributed by atoms with Crippen LogP contribution in [0.25, 0.3) is 11.3 Å². The molecule has 0 spiro atoms. The van der Waals surface area contributed by atoms with Crippen LogP contribution in [-0.4, -0.2) is 59.3 Å². The van der Waals surface area contributed by atoms with E-state index in [1.165, 1.54) is 0 Å². The second-order valence-corrected chi connectivity index (χ2v) is 11.4. The number of hydrogen-bond donors (Lipinski definition) is 1. The largest absolute Gasteiger partial charge is 0.373 e. The molecule has 1 aromatic heterocycles. The molecule has 6 nitrogen and oxygen atoms in total. The fraction of sp³-hybridized carbons (Fsp3) is 0.655. The summed E-state index contributed by atoms with van der Waals surface area (Å²) in [4.78, 5) is 15.6. The van der Waals surface area contributed by atoms with E-state index < -0.39 is 18.1 Å². The Labute approximate surface area is 218 Å². The van der Waals surface area contributed by atoms with Gasteiger partial charge in [-0.2, -0.15) is 0 Å². The summed E-state index contributed by atoms with van der Waals surface area (Å²) in [7, 11) is 0. The van der Waals surface area contributed by atoms with E-state index in [0.717, 1.165) is 61.2 Å². The zero-order valence-corrected chi connectivity index (χ0v) is 22.1. The van der Waals surface area contributed by atoms with Crippen molar-refractivity contribution in [2.45, 2.75) is 108 Å². The minimum Gasteiger partial charge on any atom is -0.373 e. The zero-order chi connectivity index (χ0) is 26.2. The predicted octanol–water partition coefficient (Wildman–Crippen LogP) is 5.63. The number of aryl methyl sites for hydroxylation is 1.